The van der Waals surface area contributed by atoms with E-state index < -0.39 is 0 Å². The van der Waals surface area contributed by atoms with Crippen LogP contribution in [-0.2, 0) is 0 Å². The van der Waals surface area contributed by atoms with Gasteiger partial charge in [0.25, 0.3) is 0 Å². The van der Waals surface area contributed by atoms with E-state index in [1.807, 2.05) is 6.92 Å². The van der Waals surface area contributed by atoms with Crippen molar-refractivity contribution in [2.24, 2.45) is 0 Å². The summed E-state index contributed by atoms with van der Waals surface area (Å²) in [7, 11) is 0. The Labute approximate surface area is 73.5 Å². The molecule has 1 aromatic carbocycles. The van der Waals surface area contributed by atoms with Crippen LogP contribution < -0.4 is 5.73 Å². The predicted molar refractivity (Wildman–Crippen MR) is 50.4 cm³/mol. The number of phenols is 1. The average Bonchev–Trinajstić information content (AvgIpc) is 2.30. The van der Waals surface area contributed by atoms with E-state index in [1.165, 1.54) is 0 Å². The number of aromatic hydroxyl groups is 1. The van der Waals surface area contributed by atoms with Crippen LogP contribution in [0.5, 0.6) is 5.75 Å². The number of thiazole rings is 1. The van der Waals surface area contributed by atoms with Gasteiger partial charge in [-0.15, -0.1) is 11.3 Å². The van der Waals surface area contributed by atoms with Gasteiger partial charge in [-0.3, -0.25) is 0 Å². The first kappa shape index (κ1) is 7.36. The van der Waals surface area contributed by atoms with E-state index in [0.29, 0.717) is 5.69 Å². The number of anilines is 1. The Balaban J connectivity index is 2.83. The lowest BCUT2D eigenvalue weighted by atomic mass is 10.3. The van der Waals surface area contributed by atoms with Gasteiger partial charge in [0.15, 0.2) is 0 Å². The van der Waals surface area contributed by atoms with Crippen molar-refractivity contribution < 1.29 is 5.11 Å². The van der Waals surface area contributed by atoms with E-state index in [4.69, 9.17) is 5.73 Å². The van der Waals surface area contributed by atoms with Gasteiger partial charge < -0.3 is 10.8 Å². The molecular formula is C8H8N2OS. The molecule has 2 rings (SSSR count). The highest BCUT2D eigenvalue weighted by Gasteiger charge is 2.03. The highest BCUT2D eigenvalue weighted by molar-refractivity contribution is 7.18. The summed E-state index contributed by atoms with van der Waals surface area (Å²) in [6.07, 6.45) is 0. The van der Waals surface area contributed by atoms with Crippen molar-refractivity contribution >= 4 is 27.2 Å². The summed E-state index contributed by atoms with van der Waals surface area (Å²) in [5, 5.41) is 10.3. The molecule has 62 valence electrons. The van der Waals surface area contributed by atoms with Crippen molar-refractivity contribution in [3.63, 3.8) is 0 Å². The summed E-state index contributed by atoms with van der Waals surface area (Å²) in [6.45, 7) is 1.93. The molecule has 0 bridgehead atoms. The fraction of sp³-hybridized carbons (Fsp3) is 0.125. The van der Waals surface area contributed by atoms with Crippen LogP contribution >= 0.6 is 11.3 Å². The topological polar surface area (TPSA) is 59.1 Å². The number of hydrogen-bond acceptors (Lipinski definition) is 4. The summed E-state index contributed by atoms with van der Waals surface area (Å²) in [5.41, 5.74) is 6.75. The lowest BCUT2D eigenvalue weighted by Crippen LogP contribution is -1.84. The number of aryl methyl sites for hydroxylation is 1. The molecule has 0 saturated carbocycles. The number of nitrogens with zero attached hydrogens (tertiary/aromatic N) is 1. The van der Waals surface area contributed by atoms with Gasteiger partial charge in [-0.1, -0.05) is 0 Å². The Hall–Kier alpha value is -1.29. The number of fused-ring (bicyclic) bond motifs is 1. The minimum absolute atomic E-state index is 0.131. The Bertz CT molecular complexity index is 397. The SMILES string of the molecule is Cc1nc2cc(N)c(O)cc2s1. The van der Waals surface area contributed by atoms with Crippen LogP contribution in [0.15, 0.2) is 12.1 Å². The third-order valence-electron chi connectivity index (χ3n) is 1.64. The van der Waals surface area contributed by atoms with E-state index >= 15 is 0 Å². The monoisotopic (exact) mass is 180 g/mol. The molecule has 0 aliphatic heterocycles. The number of benzene rings is 1. The van der Waals surface area contributed by atoms with Gasteiger partial charge in [-0.25, -0.2) is 4.98 Å². The van der Waals surface area contributed by atoms with E-state index in [-0.39, 0.29) is 5.75 Å². The number of hydrogen-bond donors (Lipinski definition) is 2. The molecule has 0 unspecified atom stereocenters. The molecule has 12 heavy (non-hydrogen) atoms. The molecule has 0 fully saturated rings. The van der Waals surface area contributed by atoms with E-state index in [0.717, 1.165) is 15.2 Å². The average molecular weight is 180 g/mol. The Morgan fingerprint density at radius 3 is 3.00 bits per heavy atom. The first-order valence-electron chi connectivity index (χ1n) is 3.52. The summed E-state index contributed by atoms with van der Waals surface area (Å²) < 4.78 is 0.971. The number of nitrogens with two attached hydrogens (primary N) is 1. The smallest absolute Gasteiger partial charge is 0.140 e. The molecule has 1 aromatic heterocycles. The van der Waals surface area contributed by atoms with E-state index in [9.17, 15) is 5.11 Å². The summed E-state index contributed by atoms with van der Waals surface area (Å²) in [6, 6.07) is 3.34. The van der Waals surface area contributed by atoms with Crippen LogP contribution in [0.4, 0.5) is 5.69 Å². The van der Waals surface area contributed by atoms with Gasteiger partial charge >= 0.3 is 0 Å². The molecule has 2 aromatic rings. The number of aromatic nitrogens is 1. The summed E-state index contributed by atoms with van der Waals surface area (Å²) >= 11 is 1.55. The van der Waals surface area contributed by atoms with Gasteiger partial charge in [0, 0.05) is 6.07 Å². The highest BCUT2D eigenvalue weighted by atomic mass is 32.1. The number of nitrogen functional groups attached to an aromatic ring is 1. The fourth-order valence-electron chi connectivity index (χ4n) is 1.09. The van der Waals surface area contributed by atoms with Gasteiger partial charge in [0.2, 0.25) is 0 Å². The van der Waals surface area contributed by atoms with Crippen molar-refractivity contribution in [3.05, 3.63) is 17.1 Å². The zero-order chi connectivity index (χ0) is 8.72. The van der Waals surface area contributed by atoms with Gasteiger partial charge in [0.1, 0.15) is 5.75 Å². The first-order valence-corrected chi connectivity index (χ1v) is 4.34. The molecular weight excluding hydrogens is 172 g/mol. The third-order valence-corrected chi connectivity index (χ3v) is 2.58. The van der Waals surface area contributed by atoms with Crippen molar-refractivity contribution in [1.29, 1.82) is 0 Å². The van der Waals surface area contributed by atoms with Crippen molar-refractivity contribution in [3.8, 4) is 5.75 Å². The molecule has 0 aliphatic rings. The molecule has 0 atom stereocenters. The lowest BCUT2D eigenvalue weighted by molar-refractivity contribution is 0.479. The Morgan fingerprint density at radius 1 is 1.50 bits per heavy atom. The van der Waals surface area contributed by atoms with Crippen LogP contribution in [0, 0.1) is 6.92 Å². The zero-order valence-electron chi connectivity index (χ0n) is 6.53. The Morgan fingerprint density at radius 2 is 2.25 bits per heavy atom. The minimum atomic E-state index is 0.131. The normalized spacial score (nSPS) is 10.8. The second kappa shape index (κ2) is 2.35. The van der Waals surface area contributed by atoms with Crippen LogP contribution in [0.25, 0.3) is 10.2 Å². The molecule has 0 aliphatic carbocycles. The first-order chi connectivity index (χ1) is 5.66. The molecule has 0 amide bonds. The molecule has 0 spiro atoms. The highest BCUT2D eigenvalue weighted by Crippen LogP contribution is 2.29. The van der Waals surface area contributed by atoms with Crippen molar-refractivity contribution in [1.82, 2.24) is 4.98 Å². The second-order valence-electron chi connectivity index (χ2n) is 2.61. The maximum atomic E-state index is 9.28. The quantitative estimate of drug-likeness (QED) is 0.481. The lowest BCUT2D eigenvalue weighted by Gasteiger charge is -1.95. The maximum Gasteiger partial charge on any atom is 0.140 e. The second-order valence-corrected chi connectivity index (χ2v) is 3.85. The Kier molecular flexibility index (Phi) is 1.44. The van der Waals surface area contributed by atoms with Gasteiger partial charge in [0.05, 0.1) is 20.9 Å². The molecule has 1 heterocycles. The van der Waals surface area contributed by atoms with Crippen molar-refractivity contribution in [2.45, 2.75) is 6.92 Å². The van der Waals surface area contributed by atoms with E-state index in [1.54, 1.807) is 23.5 Å². The standard InChI is InChI=1S/C8H8N2OS/c1-4-10-6-2-5(9)7(11)3-8(6)12-4/h2-3,11H,9H2,1H3. The fourth-order valence-corrected chi connectivity index (χ4v) is 1.94. The molecule has 3 N–H and O–H groups in total. The molecule has 0 saturated heterocycles. The number of phenolic OH excluding ortho intramolecular Hbond substituents is 1. The third kappa shape index (κ3) is 1.00. The van der Waals surface area contributed by atoms with Crippen LogP contribution in [0.2, 0.25) is 0 Å². The maximum absolute atomic E-state index is 9.28. The van der Waals surface area contributed by atoms with Gasteiger partial charge in [-0.05, 0) is 13.0 Å². The molecule has 4 heteroatoms. The predicted octanol–water partition coefficient (Wildman–Crippen LogP) is 1.89. The van der Waals surface area contributed by atoms with Crippen LogP contribution in [0.3, 0.4) is 0 Å². The minimum Gasteiger partial charge on any atom is -0.506 e. The summed E-state index contributed by atoms with van der Waals surface area (Å²) in [5.74, 6) is 0.131. The van der Waals surface area contributed by atoms with E-state index in [2.05, 4.69) is 4.98 Å². The molecule has 3 nitrogen and oxygen atoms in total. The summed E-state index contributed by atoms with van der Waals surface area (Å²) in [4.78, 5) is 4.24. The number of rotatable bonds is 0. The zero-order valence-corrected chi connectivity index (χ0v) is 7.35. The molecule has 0 radical (unpaired) electrons. The van der Waals surface area contributed by atoms with Gasteiger partial charge in [-0.2, -0.15) is 0 Å². The van der Waals surface area contributed by atoms with Crippen molar-refractivity contribution in [2.75, 3.05) is 5.73 Å². The largest absolute Gasteiger partial charge is 0.506 e. The van der Waals surface area contributed by atoms with Crippen LogP contribution in [0.1, 0.15) is 5.01 Å². The van der Waals surface area contributed by atoms with Crippen LogP contribution in [-0.4, -0.2) is 10.1 Å².